The van der Waals surface area contributed by atoms with E-state index >= 15 is 0 Å². The monoisotopic (exact) mass is 793 g/mol. The van der Waals surface area contributed by atoms with Gasteiger partial charge in [-0.1, -0.05) is 157 Å². The molecular formula is C45H77O9P. The van der Waals surface area contributed by atoms with Crippen molar-refractivity contribution in [3.05, 3.63) is 72.9 Å². The number of aliphatic hydroxyl groups excluding tert-OH is 1. The van der Waals surface area contributed by atoms with Gasteiger partial charge in [0.15, 0.2) is 6.10 Å². The van der Waals surface area contributed by atoms with Gasteiger partial charge in [0.2, 0.25) is 0 Å². The number of hydrogen-bond acceptors (Lipinski definition) is 7. The maximum atomic E-state index is 12.4. The Balaban J connectivity index is 4.09. The number of allylic oxidation sites excluding steroid dienone is 10. The number of carbonyl (C=O) groups excluding carboxylic acids is 2. The highest BCUT2D eigenvalue weighted by atomic mass is 31.2. The van der Waals surface area contributed by atoms with Gasteiger partial charge in [-0.05, 0) is 77.0 Å². The molecule has 0 bridgehead atoms. The van der Waals surface area contributed by atoms with E-state index in [-0.39, 0.29) is 19.4 Å². The van der Waals surface area contributed by atoms with E-state index in [2.05, 4.69) is 60.9 Å². The molecule has 0 spiro atoms. The summed E-state index contributed by atoms with van der Waals surface area (Å²) < 4.78 is 26.3. The summed E-state index contributed by atoms with van der Waals surface area (Å²) in [5, 5.41) is 10.1. The molecule has 1 unspecified atom stereocenters. The Labute approximate surface area is 334 Å². The number of carbonyl (C=O) groups is 2. The maximum absolute atomic E-state index is 12.4. The van der Waals surface area contributed by atoms with Crippen molar-refractivity contribution in [3.8, 4) is 0 Å². The lowest BCUT2D eigenvalue weighted by molar-refractivity contribution is -0.161. The third kappa shape index (κ3) is 42.4. The number of esters is 2. The summed E-state index contributed by atoms with van der Waals surface area (Å²) in [6.45, 7) is 3.50. The van der Waals surface area contributed by atoms with Crippen molar-refractivity contribution in [2.45, 2.75) is 187 Å². The van der Waals surface area contributed by atoms with Crippen molar-refractivity contribution in [1.29, 1.82) is 0 Å². The van der Waals surface area contributed by atoms with Crippen LogP contribution in [0.2, 0.25) is 0 Å². The van der Waals surface area contributed by atoms with Crippen molar-refractivity contribution in [1.82, 2.24) is 0 Å². The van der Waals surface area contributed by atoms with Crippen LogP contribution in [0.1, 0.15) is 174 Å². The van der Waals surface area contributed by atoms with Crippen LogP contribution in [0.15, 0.2) is 72.9 Å². The second-order valence-corrected chi connectivity index (χ2v) is 15.4. The van der Waals surface area contributed by atoms with Crippen LogP contribution in [-0.2, 0) is 28.2 Å². The molecule has 0 fully saturated rings. The van der Waals surface area contributed by atoms with Crippen LogP contribution in [0, 0.1) is 0 Å². The third-order valence-electron chi connectivity index (χ3n) is 8.78. The van der Waals surface area contributed by atoms with Gasteiger partial charge >= 0.3 is 19.8 Å². The predicted octanol–water partition coefficient (Wildman–Crippen LogP) is 12.0. The van der Waals surface area contributed by atoms with Crippen molar-refractivity contribution < 1.29 is 43.0 Å². The van der Waals surface area contributed by atoms with E-state index in [0.29, 0.717) is 25.7 Å². The molecule has 316 valence electrons. The Morgan fingerprint density at radius 2 is 1.05 bits per heavy atom. The molecule has 0 amide bonds. The van der Waals surface area contributed by atoms with Crippen LogP contribution in [0.5, 0.6) is 0 Å². The third-order valence-corrected chi connectivity index (χ3v) is 9.26. The lowest BCUT2D eigenvalue weighted by Crippen LogP contribution is -2.29. The molecule has 0 aromatic heterocycles. The molecule has 10 heteroatoms. The SMILES string of the molecule is CCCCC/C=C\C/C=C\CCCCCCCCCCCC(=O)OC[C@H](COP(=O)(O)O)OC(=O)CCC/C=C/C=C\C(O)C/C=C\C/C=C\CCCCC. The summed E-state index contributed by atoms with van der Waals surface area (Å²) in [7, 11) is -4.80. The lowest BCUT2D eigenvalue weighted by Gasteiger charge is -2.18. The smallest absolute Gasteiger partial charge is 0.462 e. The molecule has 0 saturated heterocycles. The molecule has 0 aromatic carbocycles. The molecule has 9 nitrogen and oxygen atoms in total. The number of aliphatic hydroxyl groups is 1. The first-order valence-corrected chi connectivity index (χ1v) is 22.9. The van der Waals surface area contributed by atoms with E-state index in [9.17, 15) is 19.3 Å². The Kier molecular flexibility index (Phi) is 37.8. The molecule has 0 saturated carbocycles. The summed E-state index contributed by atoms with van der Waals surface area (Å²) in [5.74, 6) is -1.02. The van der Waals surface area contributed by atoms with Crippen LogP contribution >= 0.6 is 7.82 Å². The topological polar surface area (TPSA) is 140 Å². The average molecular weight is 793 g/mol. The zero-order valence-corrected chi connectivity index (χ0v) is 35.3. The van der Waals surface area contributed by atoms with Crippen molar-refractivity contribution in [3.63, 3.8) is 0 Å². The average Bonchev–Trinajstić information content (AvgIpc) is 3.15. The molecule has 0 radical (unpaired) electrons. The van der Waals surface area contributed by atoms with E-state index in [1.54, 1.807) is 12.2 Å². The number of hydrogen-bond donors (Lipinski definition) is 3. The van der Waals surface area contributed by atoms with E-state index < -0.39 is 38.6 Å². The van der Waals surface area contributed by atoms with Crippen LogP contribution in [-0.4, -0.2) is 52.3 Å². The summed E-state index contributed by atoms with van der Waals surface area (Å²) in [6.07, 6.45) is 47.9. The minimum Gasteiger partial charge on any atom is -0.462 e. The fourth-order valence-corrected chi connectivity index (χ4v) is 5.89. The summed E-state index contributed by atoms with van der Waals surface area (Å²) in [6, 6.07) is 0. The quantitative estimate of drug-likeness (QED) is 0.0183. The normalized spacial score (nSPS) is 13.8. The molecule has 0 aromatic rings. The Morgan fingerprint density at radius 3 is 1.62 bits per heavy atom. The minimum absolute atomic E-state index is 0.0730. The van der Waals surface area contributed by atoms with E-state index in [0.717, 1.165) is 44.9 Å². The van der Waals surface area contributed by atoms with Gasteiger partial charge in [0.05, 0.1) is 12.7 Å². The number of ether oxygens (including phenoxy) is 2. The molecule has 0 heterocycles. The number of rotatable bonds is 38. The first-order chi connectivity index (χ1) is 26.7. The van der Waals surface area contributed by atoms with Gasteiger partial charge in [0.25, 0.3) is 0 Å². The molecular weight excluding hydrogens is 715 g/mol. The van der Waals surface area contributed by atoms with E-state index in [1.807, 2.05) is 18.2 Å². The minimum atomic E-state index is -4.80. The second kappa shape index (κ2) is 39.7. The molecule has 3 N–H and O–H groups in total. The van der Waals surface area contributed by atoms with Crippen molar-refractivity contribution in [2.75, 3.05) is 13.2 Å². The zero-order chi connectivity index (χ0) is 40.5. The summed E-state index contributed by atoms with van der Waals surface area (Å²) in [4.78, 5) is 42.8. The Morgan fingerprint density at radius 1 is 0.564 bits per heavy atom. The van der Waals surface area contributed by atoms with E-state index in [1.165, 1.54) is 77.0 Å². The molecule has 0 aliphatic heterocycles. The first kappa shape index (κ1) is 52.5. The van der Waals surface area contributed by atoms with Crippen molar-refractivity contribution in [2.24, 2.45) is 0 Å². The molecule has 0 rings (SSSR count). The standard InChI is InChI=1S/C45H77O9P/c1-3-5-7-9-11-13-14-15-16-17-18-19-20-21-22-24-26-30-34-38-44(47)52-40-43(41-53-55(49,50)51)54-45(48)39-35-31-27-29-33-37-42(46)36-32-28-25-23-12-10-8-6-4-2/h11-13,15-16,23,27-29,32-33,37,42-43,46H,3-10,14,17-22,24-26,30-31,34-36,38-41H2,1-2H3,(H2,49,50,51)/b13-11-,16-15-,23-12-,29-27+,32-28-,37-33-/t42?,43-/m1/s1. The van der Waals surface area contributed by atoms with Gasteiger partial charge in [0, 0.05) is 12.8 Å². The zero-order valence-electron chi connectivity index (χ0n) is 34.4. The number of unbranched alkanes of at least 4 members (excludes halogenated alkanes) is 16. The molecule has 0 aliphatic carbocycles. The number of phosphoric acid groups is 1. The van der Waals surface area contributed by atoms with Gasteiger partial charge in [-0.3, -0.25) is 14.1 Å². The highest BCUT2D eigenvalue weighted by molar-refractivity contribution is 7.46. The van der Waals surface area contributed by atoms with Gasteiger partial charge in [-0.2, -0.15) is 0 Å². The molecule has 2 atom stereocenters. The predicted molar refractivity (Wildman–Crippen MR) is 226 cm³/mol. The fourth-order valence-electron chi connectivity index (χ4n) is 5.53. The number of phosphoric ester groups is 1. The van der Waals surface area contributed by atoms with Crippen molar-refractivity contribution >= 4 is 19.8 Å². The van der Waals surface area contributed by atoms with Crippen LogP contribution in [0.4, 0.5) is 0 Å². The maximum Gasteiger partial charge on any atom is 0.469 e. The van der Waals surface area contributed by atoms with Gasteiger partial charge in [0.1, 0.15) is 6.61 Å². The Bertz CT molecular complexity index is 1140. The summed E-state index contributed by atoms with van der Waals surface area (Å²) in [5.41, 5.74) is 0. The van der Waals surface area contributed by atoms with E-state index in [4.69, 9.17) is 19.3 Å². The van der Waals surface area contributed by atoms with Crippen LogP contribution in [0.3, 0.4) is 0 Å². The highest BCUT2D eigenvalue weighted by Crippen LogP contribution is 2.36. The highest BCUT2D eigenvalue weighted by Gasteiger charge is 2.22. The van der Waals surface area contributed by atoms with Crippen LogP contribution in [0.25, 0.3) is 0 Å². The summed E-state index contributed by atoms with van der Waals surface area (Å²) >= 11 is 0. The molecule has 0 aliphatic rings. The first-order valence-electron chi connectivity index (χ1n) is 21.3. The molecule has 55 heavy (non-hydrogen) atoms. The second-order valence-electron chi connectivity index (χ2n) is 14.2. The largest absolute Gasteiger partial charge is 0.469 e. The van der Waals surface area contributed by atoms with Crippen LogP contribution < -0.4 is 0 Å². The lowest BCUT2D eigenvalue weighted by atomic mass is 10.1. The van der Waals surface area contributed by atoms with Gasteiger partial charge < -0.3 is 24.4 Å². The Hall–Kier alpha value is -2.55. The van der Waals surface area contributed by atoms with Gasteiger partial charge in [-0.15, -0.1) is 0 Å². The van der Waals surface area contributed by atoms with Gasteiger partial charge in [-0.25, -0.2) is 4.57 Å². The fraction of sp³-hybridized carbons (Fsp3) is 0.689.